The van der Waals surface area contributed by atoms with Gasteiger partial charge in [-0.1, -0.05) is 78.9 Å². The molecule has 0 saturated carbocycles. The van der Waals surface area contributed by atoms with Gasteiger partial charge >= 0.3 is 6.85 Å². The summed E-state index contributed by atoms with van der Waals surface area (Å²) >= 11 is 1.76. The molecule has 4 heterocycles. The molecule has 0 saturated heterocycles. The van der Waals surface area contributed by atoms with Gasteiger partial charge in [0.2, 0.25) is 0 Å². The number of anilines is 3. The van der Waals surface area contributed by atoms with E-state index in [-0.39, 0.29) is 6.85 Å². The first-order valence-electron chi connectivity index (χ1n) is 14.0. The van der Waals surface area contributed by atoms with Gasteiger partial charge in [-0.2, -0.15) is 0 Å². The molecule has 6 aromatic rings. The normalized spacial score (nSPS) is 14.6. The summed E-state index contributed by atoms with van der Waals surface area (Å²) in [6.45, 7) is 0.931. The molecule has 194 valence electrons. The minimum absolute atomic E-state index is 0.0834. The highest BCUT2D eigenvalue weighted by molar-refractivity contribution is 7.21. The van der Waals surface area contributed by atoms with Crippen molar-refractivity contribution in [3.63, 3.8) is 0 Å². The van der Waals surface area contributed by atoms with Crippen LogP contribution in [0, 0.1) is 0 Å². The Kier molecular flexibility index (Phi) is 4.81. The van der Waals surface area contributed by atoms with Gasteiger partial charge in [-0.25, -0.2) is 4.98 Å². The highest BCUT2D eigenvalue weighted by Gasteiger charge is 2.42. The highest BCUT2D eigenvalue weighted by Crippen LogP contribution is 2.48. The van der Waals surface area contributed by atoms with Crippen LogP contribution >= 0.6 is 11.3 Å². The number of rotatable bonds is 2. The van der Waals surface area contributed by atoms with Gasteiger partial charge in [0.25, 0.3) is 0 Å². The first kappa shape index (κ1) is 23.0. The van der Waals surface area contributed by atoms with Crippen molar-refractivity contribution in [2.45, 2.75) is 0 Å². The second-order valence-electron chi connectivity index (χ2n) is 11.0. The molecule has 5 aromatic carbocycles. The third kappa shape index (κ3) is 3.38. The summed E-state index contributed by atoms with van der Waals surface area (Å²) in [5, 5.41) is 1.06. The van der Waals surface area contributed by atoms with Gasteiger partial charge in [0.1, 0.15) is 5.01 Å². The molecule has 0 N–H and O–H groups in total. The van der Waals surface area contributed by atoms with Crippen molar-refractivity contribution in [2.24, 2.45) is 0 Å². The predicted molar refractivity (Wildman–Crippen MR) is 174 cm³/mol. The summed E-state index contributed by atoms with van der Waals surface area (Å²) in [4.78, 5) is 12.1. The smallest absolute Gasteiger partial charge is 0.329 e. The second-order valence-corrected chi connectivity index (χ2v) is 12.1. The van der Waals surface area contributed by atoms with Crippen molar-refractivity contribution < 1.29 is 0 Å². The van der Waals surface area contributed by atoms with Crippen molar-refractivity contribution in [3.8, 4) is 32.8 Å². The minimum Gasteiger partial charge on any atom is -0.376 e. The number of hydrogen-bond acceptors (Lipinski definition) is 5. The first-order valence-corrected chi connectivity index (χ1v) is 14.8. The van der Waals surface area contributed by atoms with Crippen LogP contribution in [0.4, 0.5) is 17.1 Å². The zero-order valence-corrected chi connectivity index (χ0v) is 23.3. The lowest BCUT2D eigenvalue weighted by Gasteiger charge is -2.43. The number of benzene rings is 5. The van der Waals surface area contributed by atoms with E-state index in [2.05, 4.69) is 143 Å². The molecule has 6 heteroatoms. The van der Waals surface area contributed by atoms with E-state index >= 15 is 0 Å². The molecule has 0 spiro atoms. The molecule has 3 aliphatic heterocycles. The Morgan fingerprint density at radius 1 is 0.683 bits per heavy atom. The lowest BCUT2D eigenvalue weighted by atomic mass is 9.43. The Balaban J connectivity index is 1.31. The van der Waals surface area contributed by atoms with Crippen LogP contribution in [0.2, 0.25) is 0 Å². The van der Waals surface area contributed by atoms with Crippen LogP contribution < -0.4 is 20.6 Å². The van der Waals surface area contributed by atoms with Crippen LogP contribution in [0.25, 0.3) is 43.0 Å². The largest absolute Gasteiger partial charge is 0.376 e. The van der Waals surface area contributed by atoms with E-state index in [1.165, 1.54) is 54.9 Å². The molecule has 0 fully saturated rings. The highest BCUT2D eigenvalue weighted by atomic mass is 32.1. The quantitative estimate of drug-likeness (QED) is 0.218. The standard InChI is InChI=1S/C35H25BN4S/c1-38-18-19-39(22-38)24-15-17-28-26-9-3-5-11-30(26)36-29-10-4-2-8-25(29)27-16-14-23(20-32(27)40(36)33(28)21-24)35-37-31-12-6-7-13-34(31)41-35/h2-21H,22H2,1H3. The monoisotopic (exact) mass is 544 g/mol. The van der Waals surface area contributed by atoms with E-state index in [1.807, 2.05) is 0 Å². The van der Waals surface area contributed by atoms with Crippen LogP contribution in [0.1, 0.15) is 0 Å². The number of thiazole rings is 1. The van der Waals surface area contributed by atoms with Gasteiger partial charge in [0.15, 0.2) is 0 Å². The van der Waals surface area contributed by atoms with Crippen LogP contribution in [-0.4, -0.2) is 30.4 Å². The summed E-state index contributed by atoms with van der Waals surface area (Å²) in [7, 11) is 2.11. The average Bonchev–Trinajstić information content (AvgIpc) is 3.67. The van der Waals surface area contributed by atoms with Crippen LogP contribution in [0.3, 0.4) is 0 Å². The summed E-state index contributed by atoms with van der Waals surface area (Å²) < 4.78 is 1.22. The van der Waals surface area contributed by atoms with Crippen molar-refractivity contribution >= 4 is 56.4 Å². The molecular weight excluding hydrogens is 519 g/mol. The fourth-order valence-corrected chi connectivity index (χ4v) is 7.69. The van der Waals surface area contributed by atoms with Gasteiger partial charge < -0.3 is 14.6 Å². The van der Waals surface area contributed by atoms with Gasteiger partial charge in [-0.15, -0.1) is 11.3 Å². The molecule has 0 aliphatic carbocycles. The Hall–Kier alpha value is -4.81. The van der Waals surface area contributed by atoms with Crippen LogP contribution in [0.5, 0.6) is 0 Å². The number of fused-ring (bicyclic) bond motifs is 12. The molecule has 3 aliphatic rings. The lowest BCUT2D eigenvalue weighted by Crippen LogP contribution is -2.59. The molecule has 0 radical (unpaired) electrons. The topological polar surface area (TPSA) is 22.6 Å². The first-order chi connectivity index (χ1) is 20.2. The Bertz CT molecular complexity index is 2010. The molecule has 0 amide bonds. The molecule has 0 unspecified atom stereocenters. The third-order valence-electron chi connectivity index (χ3n) is 8.60. The van der Waals surface area contributed by atoms with Crippen LogP contribution in [-0.2, 0) is 0 Å². The maximum atomic E-state index is 5.02. The van der Waals surface area contributed by atoms with E-state index in [9.17, 15) is 0 Å². The molecular formula is C35H25BN4S. The second kappa shape index (κ2) is 8.60. The average molecular weight is 544 g/mol. The van der Waals surface area contributed by atoms with Gasteiger partial charge in [0.05, 0.1) is 16.9 Å². The van der Waals surface area contributed by atoms with Crippen LogP contribution in [0.15, 0.2) is 122 Å². The third-order valence-corrected chi connectivity index (χ3v) is 9.68. The number of para-hydroxylation sites is 1. The fraction of sp³-hybridized carbons (Fsp3) is 0.0571. The summed E-state index contributed by atoms with van der Waals surface area (Å²) in [5.41, 5.74) is 13.7. The van der Waals surface area contributed by atoms with E-state index in [0.717, 1.165) is 22.8 Å². The molecule has 9 rings (SSSR count). The molecule has 0 atom stereocenters. The van der Waals surface area contributed by atoms with E-state index in [4.69, 9.17) is 4.98 Å². The van der Waals surface area contributed by atoms with E-state index in [0.29, 0.717) is 0 Å². The molecule has 41 heavy (non-hydrogen) atoms. The van der Waals surface area contributed by atoms with Crippen molar-refractivity contribution in [1.29, 1.82) is 0 Å². The Labute approximate surface area is 243 Å². The maximum Gasteiger partial charge on any atom is 0.329 e. The SMILES string of the molecule is CN1C=CN(c2ccc3c(c2)N2B(c4ccccc4-c4ccc(-c5nc6ccccc6s5)cc42)c2ccccc2-3)C1. The van der Waals surface area contributed by atoms with Crippen molar-refractivity contribution in [3.05, 3.63) is 122 Å². The Morgan fingerprint density at radius 2 is 1.37 bits per heavy atom. The lowest BCUT2D eigenvalue weighted by molar-refractivity contribution is 0.496. The fourth-order valence-electron chi connectivity index (χ4n) is 6.72. The predicted octanol–water partition coefficient (Wildman–Crippen LogP) is 7.05. The zero-order valence-electron chi connectivity index (χ0n) is 22.5. The molecule has 1 aromatic heterocycles. The van der Waals surface area contributed by atoms with Crippen molar-refractivity contribution in [2.75, 3.05) is 23.4 Å². The summed E-state index contributed by atoms with van der Waals surface area (Å²) in [6, 6.07) is 40.1. The number of aromatic nitrogens is 1. The van der Waals surface area contributed by atoms with E-state index < -0.39 is 0 Å². The van der Waals surface area contributed by atoms with Gasteiger partial charge in [-0.3, -0.25) is 0 Å². The Morgan fingerprint density at radius 3 is 2.10 bits per heavy atom. The zero-order chi connectivity index (χ0) is 27.1. The molecule has 4 nitrogen and oxygen atoms in total. The maximum absolute atomic E-state index is 5.02. The summed E-state index contributed by atoms with van der Waals surface area (Å²) in [6.07, 6.45) is 4.30. The van der Waals surface area contributed by atoms with Crippen molar-refractivity contribution in [1.82, 2.24) is 9.88 Å². The minimum atomic E-state index is 0.0834. The summed E-state index contributed by atoms with van der Waals surface area (Å²) in [5.74, 6) is 0. The number of hydrogen-bond donors (Lipinski definition) is 0. The van der Waals surface area contributed by atoms with E-state index in [1.54, 1.807) is 11.3 Å². The molecule has 0 bridgehead atoms. The van der Waals surface area contributed by atoms with Gasteiger partial charge in [-0.05, 0) is 52.4 Å². The number of nitrogens with zero attached hydrogens (tertiary/aromatic N) is 4. The van der Waals surface area contributed by atoms with Gasteiger partial charge in [0, 0.05) is 53.2 Å².